The van der Waals surface area contributed by atoms with Crippen molar-refractivity contribution >= 4 is 29.7 Å². The van der Waals surface area contributed by atoms with E-state index in [1.807, 2.05) is 13.8 Å². The molecule has 1 aromatic heterocycles. The van der Waals surface area contributed by atoms with Gasteiger partial charge in [0, 0.05) is 62.8 Å². The van der Waals surface area contributed by atoms with Crippen LogP contribution in [0.3, 0.4) is 0 Å². The third-order valence-electron chi connectivity index (χ3n) is 3.90. The summed E-state index contributed by atoms with van der Waals surface area (Å²) in [5.74, 6) is 0.0142. The molecule has 0 bridgehead atoms. The Morgan fingerprint density at radius 1 is 1.27 bits per heavy atom. The van der Waals surface area contributed by atoms with Crippen LogP contribution in [0.25, 0.3) is 0 Å². The number of hydrogen-bond donors (Lipinski definition) is 2. The van der Waals surface area contributed by atoms with Crippen molar-refractivity contribution in [3.8, 4) is 0 Å². The number of nitrogens with zero attached hydrogens (tertiary/aromatic N) is 2. The second-order valence-electron chi connectivity index (χ2n) is 5.35. The molecule has 1 fully saturated rings. The number of carbonyl (C=O) groups is 1. The number of halogens is 1. The summed E-state index contributed by atoms with van der Waals surface area (Å²) in [6.45, 7) is 10.0. The van der Waals surface area contributed by atoms with Crippen molar-refractivity contribution in [1.82, 2.24) is 20.1 Å². The summed E-state index contributed by atoms with van der Waals surface area (Å²) in [4.78, 5) is 27.0. The first-order chi connectivity index (χ1) is 10.1. The molecule has 0 unspecified atom stereocenters. The predicted octanol–water partition coefficient (Wildman–Crippen LogP) is 0.360. The highest BCUT2D eigenvalue weighted by Crippen LogP contribution is 2.09. The molecule has 2 rings (SSSR count). The third kappa shape index (κ3) is 5.39. The first-order valence-corrected chi connectivity index (χ1v) is 8.26. The quantitative estimate of drug-likeness (QED) is 0.779. The maximum atomic E-state index is 11.8. The molecule has 2 N–H and O–H groups in total. The van der Waals surface area contributed by atoms with E-state index in [0.717, 1.165) is 43.3 Å². The molecule has 0 aliphatic carbocycles. The minimum Gasteiger partial charge on any atom is -0.355 e. The number of hydrogen-bond acceptors (Lipinski definition) is 5. The maximum absolute atomic E-state index is 11.8. The Bertz CT molecular complexity index is 537. The molecule has 0 spiro atoms. The van der Waals surface area contributed by atoms with Crippen molar-refractivity contribution in [2.45, 2.75) is 26.8 Å². The van der Waals surface area contributed by atoms with Gasteiger partial charge in [-0.15, -0.1) is 12.4 Å². The van der Waals surface area contributed by atoms with Gasteiger partial charge in [0.15, 0.2) is 0 Å². The van der Waals surface area contributed by atoms with Crippen LogP contribution in [-0.4, -0.2) is 54.6 Å². The average Bonchev–Trinajstić information content (AvgIpc) is 2.71. The van der Waals surface area contributed by atoms with Crippen molar-refractivity contribution in [1.29, 1.82) is 0 Å². The fourth-order valence-electron chi connectivity index (χ4n) is 2.44. The molecule has 1 aromatic rings. The Labute approximate surface area is 141 Å². The molecule has 22 heavy (non-hydrogen) atoms. The van der Waals surface area contributed by atoms with Gasteiger partial charge < -0.3 is 15.2 Å². The molecule has 0 aromatic carbocycles. The number of aromatic nitrogens is 1. The van der Waals surface area contributed by atoms with Crippen molar-refractivity contribution in [3.63, 3.8) is 0 Å². The molecule has 6 nitrogen and oxygen atoms in total. The Kier molecular flexibility index (Phi) is 8.09. The van der Waals surface area contributed by atoms with Gasteiger partial charge in [0.25, 0.3) is 0 Å². The zero-order valence-corrected chi connectivity index (χ0v) is 14.8. The number of nitrogens with one attached hydrogen (secondary N) is 2. The summed E-state index contributed by atoms with van der Waals surface area (Å²) in [6, 6.07) is 0. The number of carbonyl (C=O) groups excluding carboxylic acids is 1. The van der Waals surface area contributed by atoms with Crippen LogP contribution >= 0.6 is 23.7 Å². The standard InChI is InChI=1S/C14H24N4O2S.ClH/c1-11-12(2)21-14(20)18(11)7-3-13(19)16-6-10-17-8-4-15-5-9-17;/h15H,3-10H2,1-2H3,(H,16,19);1H. The van der Waals surface area contributed by atoms with Crippen LogP contribution in [0.1, 0.15) is 17.0 Å². The maximum Gasteiger partial charge on any atom is 0.307 e. The zero-order chi connectivity index (χ0) is 15.2. The smallest absolute Gasteiger partial charge is 0.307 e. The molecular formula is C14H25ClN4O2S. The van der Waals surface area contributed by atoms with E-state index in [1.165, 1.54) is 11.3 Å². The van der Waals surface area contributed by atoms with Gasteiger partial charge in [-0.1, -0.05) is 11.3 Å². The predicted molar refractivity (Wildman–Crippen MR) is 92.2 cm³/mol. The average molecular weight is 349 g/mol. The van der Waals surface area contributed by atoms with Gasteiger partial charge in [0.05, 0.1) is 0 Å². The number of rotatable bonds is 6. The second kappa shape index (κ2) is 9.29. The van der Waals surface area contributed by atoms with E-state index in [2.05, 4.69) is 15.5 Å². The van der Waals surface area contributed by atoms with Crippen molar-refractivity contribution in [2.24, 2.45) is 0 Å². The van der Waals surface area contributed by atoms with Crippen LogP contribution in [0, 0.1) is 13.8 Å². The Morgan fingerprint density at radius 3 is 2.55 bits per heavy atom. The molecule has 8 heteroatoms. The normalized spacial score (nSPS) is 15.4. The van der Waals surface area contributed by atoms with E-state index in [0.29, 0.717) is 19.5 Å². The lowest BCUT2D eigenvalue weighted by Crippen LogP contribution is -2.46. The third-order valence-corrected chi connectivity index (χ3v) is 4.89. The summed E-state index contributed by atoms with van der Waals surface area (Å²) in [6.07, 6.45) is 0.360. The molecule has 0 saturated carbocycles. The molecule has 126 valence electrons. The summed E-state index contributed by atoms with van der Waals surface area (Å²) in [5.41, 5.74) is 0.971. The van der Waals surface area contributed by atoms with Crippen LogP contribution in [0.4, 0.5) is 0 Å². The largest absolute Gasteiger partial charge is 0.355 e. The minimum absolute atomic E-state index is 0. The SMILES string of the molecule is Cc1sc(=O)n(CCC(=O)NCCN2CCNCC2)c1C.Cl. The van der Waals surface area contributed by atoms with E-state index in [1.54, 1.807) is 4.57 Å². The molecular weight excluding hydrogens is 324 g/mol. The van der Waals surface area contributed by atoms with Crippen molar-refractivity contribution < 1.29 is 4.79 Å². The van der Waals surface area contributed by atoms with Crippen LogP contribution in [-0.2, 0) is 11.3 Å². The van der Waals surface area contributed by atoms with Crippen molar-refractivity contribution in [2.75, 3.05) is 39.3 Å². The lowest BCUT2D eigenvalue weighted by atomic mass is 10.3. The molecule has 1 amide bonds. The van der Waals surface area contributed by atoms with E-state index >= 15 is 0 Å². The summed E-state index contributed by atoms with van der Waals surface area (Å²) in [7, 11) is 0. The molecule has 1 aliphatic rings. The van der Waals surface area contributed by atoms with Crippen LogP contribution in [0.5, 0.6) is 0 Å². The van der Waals surface area contributed by atoms with Gasteiger partial charge >= 0.3 is 4.87 Å². The zero-order valence-electron chi connectivity index (χ0n) is 13.2. The van der Waals surface area contributed by atoms with Gasteiger partial charge in [-0.05, 0) is 13.8 Å². The number of amides is 1. The topological polar surface area (TPSA) is 66.4 Å². The Morgan fingerprint density at radius 2 is 1.95 bits per heavy atom. The van der Waals surface area contributed by atoms with Gasteiger partial charge in [0.2, 0.25) is 5.91 Å². The van der Waals surface area contributed by atoms with Crippen LogP contribution in [0.15, 0.2) is 4.79 Å². The summed E-state index contributed by atoms with van der Waals surface area (Å²) >= 11 is 1.25. The second-order valence-corrected chi connectivity index (χ2v) is 6.52. The molecule has 1 aliphatic heterocycles. The highest BCUT2D eigenvalue weighted by molar-refractivity contribution is 7.09. The number of aryl methyl sites for hydroxylation is 1. The Hall–Kier alpha value is -0.890. The minimum atomic E-state index is 0. The summed E-state index contributed by atoms with van der Waals surface area (Å²) < 4.78 is 1.69. The number of piperazine rings is 1. The fourth-order valence-corrected chi connectivity index (χ4v) is 3.29. The van der Waals surface area contributed by atoms with E-state index in [-0.39, 0.29) is 23.2 Å². The Balaban J connectivity index is 0.00000242. The highest BCUT2D eigenvalue weighted by Gasteiger charge is 2.11. The first kappa shape index (κ1) is 19.2. The number of thiazole rings is 1. The monoisotopic (exact) mass is 348 g/mol. The first-order valence-electron chi connectivity index (χ1n) is 7.44. The van der Waals surface area contributed by atoms with Gasteiger partial charge in [-0.25, -0.2) is 0 Å². The van der Waals surface area contributed by atoms with Gasteiger partial charge in [-0.3, -0.25) is 14.5 Å². The van der Waals surface area contributed by atoms with Crippen LogP contribution < -0.4 is 15.5 Å². The van der Waals surface area contributed by atoms with E-state index in [4.69, 9.17) is 0 Å². The summed E-state index contributed by atoms with van der Waals surface area (Å²) in [5, 5.41) is 6.24. The molecule has 1 saturated heterocycles. The lowest BCUT2D eigenvalue weighted by Gasteiger charge is -2.27. The van der Waals surface area contributed by atoms with Crippen LogP contribution in [0.2, 0.25) is 0 Å². The lowest BCUT2D eigenvalue weighted by molar-refractivity contribution is -0.121. The van der Waals surface area contributed by atoms with Gasteiger partial charge in [-0.2, -0.15) is 0 Å². The van der Waals surface area contributed by atoms with E-state index < -0.39 is 0 Å². The molecule has 0 radical (unpaired) electrons. The fraction of sp³-hybridized carbons (Fsp3) is 0.714. The van der Waals surface area contributed by atoms with Gasteiger partial charge in [0.1, 0.15) is 0 Å². The highest BCUT2D eigenvalue weighted by atomic mass is 35.5. The van der Waals surface area contributed by atoms with Crippen molar-refractivity contribution in [3.05, 3.63) is 20.2 Å². The molecule has 2 heterocycles. The van der Waals surface area contributed by atoms with E-state index in [9.17, 15) is 9.59 Å². The molecule has 0 atom stereocenters.